The van der Waals surface area contributed by atoms with E-state index >= 15 is 0 Å². The molecule has 2 rings (SSSR count). The van der Waals surface area contributed by atoms with Gasteiger partial charge in [0.1, 0.15) is 6.54 Å². The topological polar surface area (TPSA) is 64.0 Å². The van der Waals surface area contributed by atoms with Gasteiger partial charge in [0.15, 0.2) is 0 Å². The smallest absolute Gasteiger partial charge is 0.275 e. The molecule has 0 aliphatic heterocycles. The maximum Gasteiger partial charge on any atom is 0.275 e. The van der Waals surface area contributed by atoms with E-state index in [1.807, 2.05) is 25.1 Å². The molecule has 2 aromatic rings. The van der Waals surface area contributed by atoms with Crippen LogP contribution in [0.1, 0.15) is 33.6 Å². The van der Waals surface area contributed by atoms with Crippen LogP contribution >= 0.6 is 0 Å². The molecule has 1 atom stereocenters. The maximum atomic E-state index is 12.3. The molecule has 1 heterocycles. The predicted octanol–water partition coefficient (Wildman–Crippen LogP) is 2.34. The molecule has 1 unspecified atom stereocenters. The third-order valence-corrected chi connectivity index (χ3v) is 3.64. The SMILES string of the molecule is CC(C)CCC(C)NC(=O)Cn1ncc2ccccc2c1=O. The monoisotopic (exact) mass is 301 g/mol. The second-order valence-electron chi connectivity index (χ2n) is 6.13. The van der Waals surface area contributed by atoms with Crippen LogP contribution in [0, 0.1) is 5.92 Å². The van der Waals surface area contributed by atoms with Crippen LogP contribution in [-0.4, -0.2) is 21.7 Å². The van der Waals surface area contributed by atoms with E-state index in [4.69, 9.17) is 0 Å². The quantitative estimate of drug-likeness (QED) is 0.890. The van der Waals surface area contributed by atoms with E-state index in [0.29, 0.717) is 11.3 Å². The van der Waals surface area contributed by atoms with Gasteiger partial charge < -0.3 is 5.32 Å². The van der Waals surface area contributed by atoms with Crippen molar-refractivity contribution < 1.29 is 4.79 Å². The Kier molecular flexibility index (Phi) is 5.31. The van der Waals surface area contributed by atoms with Gasteiger partial charge in [0, 0.05) is 11.4 Å². The van der Waals surface area contributed by atoms with E-state index < -0.39 is 0 Å². The molecule has 0 aliphatic carbocycles. The molecule has 1 N–H and O–H groups in total. The average molecular weight is 301 g/mol. The minimum Gasteiger partial charge on any atom is -0.352 e. The Bertz CT molecular complexity index is 706. The number of aromatic nitrogens is 2. The van der Waals surface area contributed by atoms with Crippen molar-refractivity contribution >= 4 is 16.7 Å². The lowest BCUT2D eigenvalue weighted by Crippen LogP contribution is -2.38. The first kappa shape index (κ1) is 16.2. The summed E-state index contributed by atoms with van der Waals surface area (Å²) in [4.78, 5) is 24.3. The third kappa shape index (κ3) is 4.16. The number of nitrogens with zero attached hydrogens (tertiary/aromatic N) is 2. The van der Waals surface area contributed by atoms with Crippen LogP contribution < -0.4 is 10.9 Å². The number of hydrogen-bond donors (Lipinski definition) is 1. The summed E-state index contributed by atoms with van der Waals surface area (Å²) < 4.78 is 1.22. The van der Waals surface area contributed by atoms with Gasteiger partial charge in [0.2, 0.25) is 5.91 Å². The minimum atomic E-state index is -0.233. The summed E-state index contributed by atoms with van der Waals surface area (Å²) in [6, 6.07) is 7.35. The van der Waals surface area contributed by atoms with Gasteiger partial charge in [0.05, 0.1) is 11.6 Å². The van der Waals surface area contributed by atoms with Gasteiger partial charge >= 0.3 is 0 Å². The molecular weight excluding hydrogens is 278 g/mol. The number of carbonyl (C=O) groups excluding carboxylic acids is 1. The summed E-state index contributed by atoms with van der Waals surface area (Å²) >= 11 is 0. The van der Waals surface area contributed by atoms with E-state index in [-0.39, 0.29) is 24.1 Å². The van der Waals surface area contributed by atoms with Gasteiger partial charge in [-0.25, -0.2) is 4.68 Å². The minimum absolute atomic E-state index is 0.0459. The van der Waals surface area contributed by atoms with Crippen molar-refractivity contribution in [3.63, 3.8) is 0 Å². The zero-order valence-corrected chi connectivity index (χ0v) is 13.4. The first-order chi connectivity index (χ1) is 10.5. The van der Waals surface area contributed by atoms with Crippen molar-refractivity contribution in [3.8, 4) is 0 Å². The number of nitrogens with one attached hydrogen (secondary N) is 1. The van der Waals surface area contributed by atoms with Crippen molar-refractivity contribution in [3.05, 3.63) is 40.8 Å². The molecule has 0 fully saturated rings. The van der Waals surface area contributed by atoms with E-state index in [0.717, 1.165) is 18.2 Å². The van der Waals surface area contributed by atoms with E-state index in [9.17, 15) is 9.59 Å². The first-order valence-electron chi connectivity index (χ1n) is 7.71. The highest BCUT2D eigenvalue weighted by Crippen LogP contribution is 2.07. The van der Waals surface area contributed by atoms with Crippen LogP contribution in [0.5, 0.6) is 0 Å². The van der Waals surface area contributed by atoms with Crippen LogP contribution in [0.25, 0.3) is 10.8 Å². The first-order valence-corrected chi connectivity index (χ1v) is 7.71. The summed E-state index contributed by atoms with van der Waals surface area (Å²) in [5, 5.41) is 8.36. The Morgan fingerprint density at radius 2 is 1.95 bits per heavy atom. The highest BCUT2D eigenvalue weighted by molar-refractivity contribution is 5.81. The predicted molar refractivity (Wildman–Crippen MR) is 87.7 cm³/mol. The summed E-state index contributed by atoms with van der Waals surface area (Å²) in [5.74, 6) is 0.435. The molecule has 0 aliphatic rings. The molecule has 0 bridgehead atoms. The van der Waals surface area contributed by atoms with Crippen LogP contribution in [0.15, 0.2) is 35.3 Å². The second-order valence-corrected chi connectivity index (χ2v) is 6.13. The fourth-order valence-corrected chi connectivity index (χ4v) is 2.35. The Hall–Kier alpha value is -2.17. The van der Waals surface area contributed by atoms with Gasteiger partial charge in [0.25, 0.3) is 5.56 Å². The average Bonchev–Trinajstić information content (AvgIpc) is 2.48. The zero-order chi connectivity index (χ0) is 16.1. The molecule has 5 nitrogen and oxygen atoms in total. The maximum absolute atomic E-state index is 12.3. The van der Waals surface area contributed by atoms with Gasteiger partial charge in [-0.2, -0.15) is 5.10 Å². The lowest BCUT2D eigenvalue weighted by Gasteiger charge is -2.15. The summed E-state index contributed by atoms with van der Waals surface area (Å²) in [6.45, 7) is 6.26. The normalized spacial score (nSPS) is 12.5. The summed E-state index contributed by atoms with van der Waals surface area (Å²) in [6.07, 6.45) is 3.62. The number of amides is 1. The van der Waals surface area contributed by atoms with E-state index in [1.165, 1.54) is 4.68 Å². The summed E-state index contributed by atoms with van der Waals surface area (Å²) in [7, 11) is 0. The molecule has 0 spiro atoms. The zero-order valence-electron chi connectivity index (χ0n) is 13.4. The van der Waals surface area contributed by atoms with Gasteiger partial charge in [-0.15, -0.1) is 0 Å². The van der Waals surface area contributed by atoms with Crippen LogP contribution in [0.2, 0.25) is 0 Å². The van der Waals surface area contributed by atoms with Gasteiger partial charge in [-0.05, 0) is 31.7 Å². The number of carbonyl (C=O) groups is 1. The molecule has 0 saturated carbocycles. The van der Waals surface area contributed by atoms with Crippen molar-refractivity contribution in [2.75, 3.05) is 0 Å². The fraction of sp³-hybridized carbons (Fsp3) is 0.471. The highest BCUT2D eigenvalue weighted by atomic mass is 16.2. The number of fused-ring (bicyclic) bond motifs is 1. The molecule has 22 heavy (non-hydrogen) atoms. The molecule has 1 aromatic carbocycles. The van der Waals surface area contributed by atoms with Crippen molar-refractivity contribution in [2.24, 2.45) is 5.92 Å². The molecular formula is C17H23N3O2. The van der Waals surface area contributed by atoms with E-state index in [2.05, 4.69) is 24.3 Å². The van der Waals surface area contributed by atoms with Crippen molar-refractivity contribution in [1.29, 1.82) is 0 Å². The fourth-order valence-electron chi connectivity index (χ4n) is 2.35. The van der Waals surface area contributed by atoms with Gasteiger partial charge in [-0.3, -0.25) is 9.59 Å². The Balaban J connectivity index is 2.03. The number of hydrogen-bond acceptors (Lipinski definition) is 3. The molecule has 0 radical (unpaired) electrons. The lowest BCUT2D eigenvalue weighted by atomic mass is 10.0. The Labute approximate surface area is 130 Å². The highest BCUT2D eigenvalue weighted by Gasteiger charge is 2.11. The van der Waals surface area contributed by atoms with Crippen LogP contribution in [-0.2, 0) is 11.3 Å². The van der Waals surface area contributed by atoms with Crippen LogP contribution in [0.4, 0.5) is 0 Å². The lowest BCUT2D eigenvalue weighted by molar-refractivity contribution is -0.122. The number of benzene rings is 1. The van der Waals surface area contributed by atoms with Crippen molar-refractivity contribution in [1.82, 2.24) is 15.1 Å². The molecule has 118 valence electrons. The number of rotatable bonds is 6. The van der Waals surface area contributed by atoms with Crippen molar-refractivity contribution in [2.45, 2.75) is 46.2 Å². The van der Waals surface area contributed by atoms with Crippen LogP contribution in [0.3, 0.4) is 0 Å². The molecule has 5 heteroatoms. The third-order valence-electron chi connectivity index (χ3n) is 3.64. The Morgan fingerprint density at radius 3 is 2.68 bits per heavy atom. The Morgan fingerprint density at radius 1 is 1.23 bits per heavy atom. The largest absolute Gasteiger partial charge is 0.352 e. The molecule has 1 aromatic heterocycles. The van der Waals surface area contributed by atoms with Gasteiger partial charge in [-0.1, -0.05) is 32.0 Å². The van der Waals surface area contributed by atoms with E-state index in [1.54, 1.807) is 12.3 Å². The molecule has 0 saturated heterocycles. The standard InChI is InChI=1S/C17H23N3O2/c1-12(2)8-9-13(3)19-16(21)11-20-17(22)15-7-5-4-6-14(15)10-18-20/h4-7,10,12-13H,8-9,11H2,1-3H3,(H,19,21). The summed E-state index contributed by atoms with van der Waals surface area (Å²) in [5.41, 5.74) is -0.233. The second kappa shape index (κ2) is 7.20. The molecule has 1 amide bonds.